The molecular weight excluding hydrogens is 320 g/mol. The fourth-order valence-electron chi connectivity index (χ4n) is 2.99. The van der Waals surface area contributed by atoms with Gasteiger partial charge in [0.15, 0.2) is 11.5 Å². The standard InChI is InChI=1S/C18H24N4O3/c1-4-14-12(2)21-22(3)17(14)20-18(23)19-10-9-13-11-24-15-7-5-6-8-16(15)25-13/h5-8,13H,4,9-11H2,1-3H3,(H2,19,20,23)/t13-/m0/s1. The second-order valence-corrected chi connectivity index (χ2v) is 6.06. The van der Waals surface area contributed by atoms with Crippen molar-refractivity contribution in [1.29, 1.82) is 0 Å². The van der Waals surface area contributed by atoms with Crippen LogP contribution in [0, 0.1) is 6.92 Å². The van der Waals surface area contributed by atoms with Gasteiger partial charge in [-0.15, -0.1) is 0 Å². The molecule has 1 aliphatic heterocycles. The average molecular weight is 344 g/mol. The van der Waals surface area contributed by atoms with Crippen molar-refractivity contribution in [2.75, 3.05) is 18.5 Å². The molecule has 25 heavy (non-hydrogen) atoms. The van der Waals surface area contributed by atoms with E-state index in [0.717, 1.165) is 35.0 Å². The summed E-state index contributed by atoms with van der Waals surface area (Å²) in [6.07, 6.45) is 1.43. The number of benzene rings is 1. The van der Waals surface area contributed by atoms with E-state index < -0.39 is 0 Å². The molecule has 0 bridgehead atoms. The number of para-hydroxylation sites is 2. The predicted octanol–water partition coefficient (Wildman–Crippen LogP) is 2.64. The first-order valence-corrected chi connectivity index (χ1v) is 8.54. The number of amides is 2. The lowest BCUT2D eigenvalue weighted by Gasteiger charge is -2.26. The fraction of sp³-hybridized carbons (Fsp3) is 0.444. The van der Waals surface area contributed by atoms with Crippen molar-refractivity contribution < 1.29 is 14.3 Å². The second-order valence-electron chi connectivity index (χ2n) is 6.06. The topological polar surface area (TPSA) is 77.4 Å². The smallest absolute Gasteiger partial charge is 0.320 e. The van der Waals surface area contributed by atoms with E-state index in [2.05, 4.69) is 15.7 Å². The van der Waals surface area contributed by atoms with Crippen LogP contribution in [0.15, 0.2) is 24.3 Å². The van der Waals surface area contributed by atoms with Gasteiger partial charge in [0, 0.05) is 25.6 Å². The summed E-state index contributed by atoms with van der Waals surface area (Å²) in [6, 6.07) is 7.36. The molecule has 134 valence electrons. The van der Waals surface area contributed by atoms with Gasteiger partial charge in [-0.1, -0.05) is 19.1 Å². The molecule has 1 aromatic carbocycles. The number of carbonyl (C=O) groups is 1. The van der Waals surface area contributed by atoms with E-state index >= 15 is 0 Å². The molecular formula is C18H24N4O3. The maximum absolute atomic E-state index is 12.1. The van der Waals surface area contributed by atoms with Crippen LogP contribution in [-0.2, 0) is 13.5 Å². The normalized spacial score (nSPS) is 15.7. The SMILES string of the molecule is CCc1c(C)nn(C)c1NC(=O)NCC[C@H]1COc2ccccc2O1. The van der Waals surface area contributed by atoms with E-state index in [-0.39, 0.29) is 12.1 Å². The number of rotatable bonds is 5. The number of ether oxygens (including phenoxy) is 2. The fourth-order valence-corrected chi connectivity index (χ4v) is 2.99. The number of aryl methyl sites for hydroxylation is 2. The number of carbonyl (C=O) groups excluding carboxylic acids is 1. The molecule has 0 aliphatic carbocycles. The highest BCUT2D eigenvalue weighted by molar-refractivity contribution is 5.89. The summed E-state index contributed by atoms with van der Waals surface area (Å²) in [5.41, 5.74) is 1.99. The Morgan fingerprint density at radius 2 is 2.12 bits per heavy atom. The van der Waals surface area contributed by atoms with Crippen LogP contribution < -0.4 is 20.1 Å². The maximum Gasteiger partial charge on any atom is 0.320 e. The van der Waals surface area contributed by atoms with Crippen molar-refractivity contribution >= 4 is 11.8 Å². The molecule has 2 heterocycles. The molecule has 0 saturated heterocycles. The Morgan fingerprint density at radius 3 is 2.88 bits per heavy atom. The lowest BCUT2D eigenvalue weighted by molar-refractivity contribution is 0.0854. The Morgan fingerprint density at radius 1 is 1.36 bits per heavy atom. The number of nitrogens with one attached hydrogen (secondary N) is 2. The molecule has 3 rings (SSSR count). The molecule has 0 spiro atoms. The minimum Gasteiger partial charge on any atom is -0.486 e. The van der Waals surface area contributed by atoms with Crippen molar-refractivity contribution in [2.45, 2.75) is 32.8 Å². The number of fused-ring (bicyclic) bond motifs is 1. The molecule has 1 aromatic heterocycles. The number of nitrogens with zero attached hydrogens (tertiary/aromatic N) is 2. The lowest BCUT2D eigenvalue weighted by Crippen LogP contribution is -2.36. The van der Waals surface area contributed by atoms with E-state index in [0.29, 0.717) is 19.6 Å². The van der Waals surface area contributed by atoms with Crippen LogP contribution in [0.2, 0.25) is 0 Å². The average Bonchev–Trinajstić information content (AvgIpc) is 2.87. The van der Waals surface area contributed by atoms with Gasteiger partial charge in [0.25, 0.3) is 0 Å². The van der Waals surface area contributed by atoms with Gasteiger partial charge >= 0.3 is 6.03 Å². The molecule has 2 N–H and O–H groups in total. The molecule has 0 unspecified atom stereocenters. The monoisotopic (exact) mass is 344 g/mol. The lowest BCUT2D eigenvalue weighted by atomic mass is 10.2. The summed E-state index contributed by atoms with van der Waals surface area (Å²) in [4.78, 5) is 12.1. The zero-order valence-electron chi connectivity index (χ0n) is 14.8. The van der Waals surface area contributed by atoms with Gasteiger partial charge in [0.2, 0.25) is 0 Å². The van der Waals surface area contributed by atoms with Crippen LogP contribution in [-0.4, -0.2) is 35.1 Å². The molecule has 7 heteroatoms. The van der Waals surface area contributed by atoms with Crippen LogP contribution in [0.5, 0.6) is 11.5 Å². The first-order chi connectivity index (χ1) is 12.1. The van der Waals surface area contributed by atoms with Crippen molar-refractivity contribution in [2.24, 2.45) is 7.05 Å². The number of anilines is 1. The van der Waals surface area contributed by atoms with Gasteiger partial charge in [-0.25, -0.2) is 4.79 Å². The Hall–Kier alpha value is -2.70. The van der Waals surface area contributed by atoms with Gasteiger partial charge < -0.3 is 14.8 Å². The highest BCUT2D eigenvalue weighted by Gasteiger charge is 2.20. The van der Waals surface area contributed by atoms with Crippen LogP contribution in [0.3, 0.4) is 0 Å². The largest absolute Gasteiger partial charge is 0.486 e. The minimum absolute atomic E-state index is 0.0691. The van der Waals surface area contributed by atoms with Crippen LogP contribution in [0.25, 0.3) is 0 Å². The zero-order chi connectivity index (χ0) is 17.8. The molecule has 2 aromatic rings. The zero-order valence-corrected chi connectivity index (χ0v) is 14.8. The minimum atomic E-state index is -0.241. The molecule has 2 amide bonds. The summed E-state index contributed by atoms with van der Waals surface area (Å²) in [5.74, 6) is 2.26. The van der Waals surface area contributed by atoms with E-state index in [1.165, 1.54) is 0 Å². The third kappa shape index (κ3) is 3.87. The highest BCUT2D eigenvalue weighted by atomic mass is 16.6. The third-order valence-corrected chi connectivity index (χ3v) is 4.25. The van der Waals surface area contributed by atoms with Crippen LogP contribution in [0.1, 0.15) is 24.6 Å². The van der Waals surface area contributed by atoms with Crippen molar-refractivity contribution in [1.82, 2.24) is 15.1 Å². The second kappa shape index (κ2) is 7.46. The molecule has 0 saturated carbocycles. The van der Waals surface area contributed by atoms with Crippen molar-refractivity contribution in [3.8, 4) is 11.5 Å². The third-order valence-electron chi connectivity index (χ3n) is 4.25. The van der Waals surface area contributed by atoms with Crippen molar-refractivity contribution in [3.63, 3.8) is 0 Å². The van der Waals surface area contributed by atoms with Gasteiger partial charge in [0.1, 0.15) is 18.5 Å². The Labute approximate surface area is 147 Å². The summed E-state index contributed by atoms with van der Waals surface area (Å²) in [7, 11) is 1.83. The van der Waals surface area contributed by atoms with Gasteiger partial charge in [-0.2, -0.15) is 5.10 Å². The number of urea groups is 1. The van der Waals surface area contributed by atoms with Crippen LogP contribution in [0.4, 0.5) is 10.6 Å². The summed E-state index contributed by atoms with van der Waals surface area (Å²) >= 11 is 0. The quantitative estimate of drug-likeness (QED) is 0.874. The van der Waals surface area contributed by atoms with Crippen molar-refractivity contribution in [3.05, 3.63) is 35.5 Å². The Bertz CT molecular complexity index is 757. The van der Waals surface area contributed by atoms with E-state index in [1.54, 1.807) is 4.68 Å². The summed E-state index contributed by atoms with van der Waals surface area (Å²) in [6.45, 7) is 4.98. The predicted molar refractivity (Wildman–Crippen MR) is 95.3 cm³/mol. The van der Waals surface area contributed by atoms with Gasteiger partial charge in [-0.3, -0.25) is 10.00 Å². The molecule has 1 aliphatic rings. The van der Waals surface area contributed by atoms with E-state index in [1.807, 2.05) is 45.2 Å². The summed E-state index contributed by atoms with van der Waals surface area (Å²) < 4.78 is 13.3. The maximum atomic E-state index is 12.1. The molecule has 7 nitrogen and oxygen atoms in total. The summed E-state index contributed by atoms with van der Waals surface area (Å²) in [5, 5.41) is 10.1. The van der Waals surface area contributed by atoms with Gasteiger partial charge in [-0.05, 0) is 25.5 Å². The number of hydrogen-bond donors (Lipinski definition) is 2. The number of hydrogen-bond acceptors (Lipinski definition) is 4. The first kappa shape index (κ1) is 17.1. The van der Waals surface area contributed by atoms with Crippen LogP contribution >= 0.6 is 0 Å². The first-order valence-electron chi connectivity index (χ1n) is 8.54. The highest BCUT2D eigenvalue weighted by Crippen LogP contribution is 2.31. The van der Waals surface area contributed by atoms with Gasteiger partial charge in [0.05, 0.1) is 5.69 Å². The van der Waals surface area contributed by atoms with E-state index in [9.17, 15) is 4.79 Å². The molecule has 0 fully saturated rings. The van der Waals surface area contributed by atoms with E-state index in [4.69, 9.17) is 9.47 Å². The Kier molecular flexibility index (Phi) is 5.11. The Balaban J connectivity index is 1.48. The molecule has 0 radical (unpaired) electrons. The molecule has 1 atom stereocenters. The number of aromatic nitrogens is 2.